The first kappa shape index (κ1) is 12.3. The predicted octanol–water partition coefficient (Wildman–Crippen LogP) is 3.52. The summed E-state index contributed by atoms with van der Waals surface area (Å²) in [6.45, 7) is 0. The molecule has 0 bridgehead atoms. The van der Waals surface area contributed by atoms with Gasteiger partial charge in [-0.05, 0) is 23.6 Å². The Kier molecular flexibility index (Phi) is 4.03. The van der Waals surface area contributed by atoms with E-state index in [1.165, 1.54) is 11.3 Å². The second kappa shape index (κ2) is 5.92. The summed E-state index contributed by atoms with van der Waals surface area (Å²) < 4.78 is 0. The first-order chi connectivity index (χ1) is 8.79. The Balaban J connectivity index is 1.91. The van der Waals surface area contributed by atoms with E-state index in [4.69, 9.17) is 10.4 Å². The molecule has 92 valence electrons. The van der Waals surface area contributed by atoms with Crippen LogP contribution in [0.5, 0.6) is 0 Å². The fourth-order valence-electron chi connectivity index (χ4n) is 1.36. The van der Waals surface area contributed by atoms with E-state index in [2.05, 4.69) is 10.6 Å². The summed E-state index contributed by atoms with van der Waals surface area (Å²) in [5.41, 5.74) is 10.4. The van der Waals surface area contributed by atoms with E-state index in [1.54, 1.807) is 24.3 Å². The Hall–Kier alpha value is -2.21. The lowest BCUT2D eigenvalue weighted by Gasteiger charge is -2.07. The van der Waals surface area contributed by atoms with Gasteiger partial charge in [0.25, 0.3) is 0 Å². The van der Waals surface area contributed by atoms with Crippen LogP contribution in [0.1, 0.15) is 4.88 Å². The Morgan fingerprint density at radius 1 is 1.33 bits per heavy atom. The van der Waals surface area contributed by atoms with Gasteiger partial charge in [0.15, 0.2) is 0 Å². The number of carbonyl (C=O) groups is 1. The van der Waals surface area contributed by atoms with Gasteiger partial charge in [-0.1, -0.05) is 18.2 Å². The lowest BCUT2D eigenvalue weighted by atomic mass is 10.3. The first-order valence-electron chi connectivity index (χ1n) is 5.24. The molecule has 0 spiro atoms. The van der Waals surface area contributed by atoms with Gasteiger partial charge in [-0.15, -0.1) is 11.3 Å². The van der Waals surface area contributed by atoms with Gasteiger partial charge in [0, 0.05) is 4.88 Å². The lowest BCUT2D eigenvalue weighted by molar-refractivity contribution is -0.139. The van der Waals surface area contributed by atoms with E-state index < -0.39 is 0 Å². The van der Waals surface area contributed by atoms with Crippen molar-refractivity contribution in [1.82, 2.24) is 0 Å². The minimum atomic E-state index is -0.378. The van der Waals surface area contributed by atoms with E-state index in [1.807, 2.05) is 17.5 Å². The maximum absolute atomic E-state index is 11.5. The van der Waals surface area contributed by atoms with Crippen LogP contribution in [0.4, 0.5) is 11.4 Å². The molecule has 1 aromatic heterocycles. The van der Waals surface area contributed by atoms with Crippen LogP contribution in [0.3, 0.4) is 0 Å². The van der Waals surface area contributed by atoms with Gasteiger partial charge in [0.05, 0.1) is 12.1 Å². The number of nitrogens with one attached hydrogen (secondary N) is 2. The largest absolute Gasteiger partial charge is 0.343 e. The molecule has 2 aromatic rings. The number of hydrogen-bond acceptors (Lipinski definition) is 6. The third-order valence-corrected chi connectivity index (χ3v) is 3.07. The zero-order valence-electron chi connectivity index (χ0n) is 9.42. The fourth-order valence-corrected chi connectivity index (χ4v) is 2.05. The zero-order chi connectivity index (χ0) is 12.8. The molecule has 1 aromatic carbocycles. The standard InChI is InChI=1S/C12H11N3O2S/c13-14-10-5-1-2-6-11(10)15-17-12(16)8-9-4-3-7-18-9/h1-7,13,15H,8H2. The molecule has 5 nitrogen and oxygen atoms in total. The normalized spacial score (nSPS) is 9.78. The maximum Gasteiger partial charge on any atom is 0.337 e. The summed E-state index contributed by atoms with van der Waals surface area (Å²) in [4.78, 5) is 17.4. The average Bonchev–Trinajstić information content (AvgIpc) is 2.89. The van der Waals surface area contributed by atoms with Gasteiger partial charge in [-0.3, -0.25) is 0 Å². The molecule has 1 heterocycles. The predicted molar refractivity (Wildman–Crippen MR) is 69.0 cm³/mol. The summed E-state index contributed by atoms with van der Waals surface area (Å²) in [6, 6.07) is 10.6. The van der Waals surface area contributed by atoms with Crippen molar-refractivity contribution in [3.05, 3.63) is 46.7 Å². The van der Waals surface area contributed by atoms with Gasteiger partial charge < -0.3 is 4.84 Å². The number of nitrogens with zero attached hydrogens (tertiary/aromatic N) is 1. The van der Waals surface area contributed by atoms with Gasteiger partial charge in [0.2, 0.25) is 0 Å². The minimum Gasteiger partial charge on any atom is -0.343 e. The van der Waals surface area contributed by atoms with Crippen molar-refractivity contribution in [3.63, 3.8) is 0 Å². The monoisotopic (exact) mass is 261 g/mol. The van der Waals surface area contributed by atoms with Crippen molar-refractivity contribution in [2.75, 3.05) is 5.48 Å². The summed E-state index contributed by atoms with van der Waals surface area (Å²) in [7, 11) is 0. The summed E-state index contributed by atoms with van der Waals surface area (Å²) in [6.07, 6.45) is 0.227. The highest BCUT2D eigenvalue weighted by atomic mass is 32.1. The highest BCUT2D eigenvalue weighted by Crippen LogP contribution is 2.23. The molecule has 0 saturated carbocycles. The van der Waals surface area contributed by atoms with E-state index in [-0.39, 0.29) is 12.4 Å². The average molecular weight is 261 g/mol. The number of rotatable bonds is 5. The van der Waals surface area contributed by atoms with Crippen LogP contribution in [0.25, 0.3) is 0 Å². The van der Waals surface area contributed by atoms with Crippen molar-refractivity contribution in [2.24, 2.45) is 5.11 Å². The molecular formula is C12H11N3O2S. The fraction of sp³-hybridized carbons (Fsp3) is 0.0833. The van der Waals surface area contributed by atoms with Crippen molar-refractivity contribution in [2.45, 2.75) is 6.42 Å². The van der Waals surface area contributed by atoms with Crippen LogP contribution in [0.15, 0.2) is 46.9 Å². The van der Waals surface area contributed by atoms with Crippen molar-refractivity contribution in [3.8, 4) is 0 Å². The summed E-state index contributed by atoms with van der Waals surface area (Å²) in [5, 5.41) is 5.23. The topological polar surface area (TPSA) is 74.5 Å². The molecule has 6 heteroatoms. The summed E-state index contributed by atoms with van der Waals surface area (Å²) >= 11 is 1.50. The van der Waals surface area contributed by atoms with Crippen molar-refractivity contribution in [1.29, 1.82) is 5.53 Å². The highest BCUT2D eigenvalue weighted by Gasteiger charge is 2.07. The number of para-hydroxylation sites is 2. The van der Waals surface area contributed by atoms with Gasteiger partial charge in [-0.2, -0.15) is 5.11 Å². The van der Waals surface area contributed by atoms with Gasteiger partial charge >= 0.3 is 5.97 Å². The Morgan fingerprint density at radius 3 is 2.89 bits per heavy atom. The highest BCUT2D eigenvalue weighted by molar-refractivity contribution is 7.10. The lowest BCUT2D eigenvalue weighted by Crippen LogP contribution is -2.12. The smallest absolute Gasteiger partial charge is 0.337 e. The molecule has 18 heavy (non-hydrogen) atoms. The first-order valence-corrected chi connectivity index (χ1v) is 6.12. The minimum absolute atomic E-state index is 0.227. The van der Waals surface area contributed by atoms with Gasteiger partial charge in [0.1, 0.15) is 5.69 Å². The molecule has 0 atom stereocenters. The third kappa shape index (κ3) is 3.14. The Morgan fingerprint density at radius 2 is 2.17 bits per heavy atom. The van der Waals surface area contributed by atoms with E-state index >= 15 is 0 Å². The second-order valence-corrected chi connectivity index (χ2v) is 4.49. The molecule has 0 fully saturated rings. The quantitative estimate of drug-likeness (QED) is 0.638. The molecular weight excluding hydrogens is 250 g/mol. The molecule has 2 N–H and O–H groups in total. The van der Waals surface area contributed by atoms with Crippen molar-refractivity contribution >= 4 is 28.7 Å². The van der Waals surface area contributed by atoms with Crippen LogP contribution >= 0.6 is 11.3 Å². The van der Waals surface area contributed by atoms with Crippen LogP contribution in [-0.2, 0) is 16.1 Å². The molecule has 0 radical (unpaired) electrons. The number of thiophene rings is 1. The molecule has 0 aliphatic heterocycles. The molecule has 0 unspecified atom stereocenters. The molecule has 0 amide bonds. The van der Waals surface area contributed by atoms with Crippen LogP contribution in [-0.4, -0.2) is 5.97 Å². The second-order valence-electron chi connectivity index (χ2n) is 3.46. The van der Waals surface area contributed by atoms with Gasteiger partial charge in [-0.25, -0.2) is 15.8 Å². The maximum atomic E-state index is 11.5. The molecule has 0 saturated heterocycles. The van der Waals surface area contributed by atoms with Crippen molar-refractivity contribution < 1.29 is 9.63 Å². The number of hydrogen-bond donors (Lipinski definition) is 2. The Bertz CT molecular complexity index is 540. The molecule has 0 aliphatic rings. The van der Waals surface area contributed by atoms with E-state index in [0.717, 1.165) is 4.88 Å². The third-order valence-electron chi connectivity index (χ3n) is 2.20. The van der Waals surface area contributed by atoms with Crippen LogP contribution in [0, 0.1) is 5.53 Å². The van der Waals surface area contributed by atoms with E-state index in [9.17, 15) is 4.79 Å². The SMILES string of the molecule is N=Nc1ccccc1NOC(=O)Cc1cccs1. The number of carbonyl (C=O) groups excluding carboxylic acids is 1. The number of anilines is 1. The van der Waals surface area contributed by atoms with Crippen LogP contribution < -0.4 is 5.48 Å². The Labute approximate surface area is 108 Å². The number of benzene rings is 1. The van der Waals surface area contributed by atoms with E-state index in [0.29, 0.717) is 11.4 Å². The zero-order valence-corrected chi connectivity index (χ0v) is 10.2. The summed E-state index contributed by atoms with van der Waals surface area (Å²) in [5.74, 6) is -0.378. The molecule has 2 rings (SSSR count). The van der Waals surface area contributed by atoms with Crippen LogP contribution in [0.2, 0.25) is 0 Å². The molecule has 0 aliphatic carbocycles.